The molecule has 201 valence electrons. The number of pyridine rings is 2. The van der Waals surface area contributed by atoms with E-state index in [0.29, 0.717) is 5.69 Å². The maximum absolute atomic E-state index is 13.2. The number of halogens is 8. The van der Waals surface area contributed by atoms with Gasteiger partial charge in [0, 0.05) is 49.7 Å². The number of Topliss-reactive ketones (excluding diaryl/α,β-unsaturated/α-hetero) is 2. The second-order valence-corrected chi connectivity index (χ2v) is 6.90. The molecule has 0 fully saturated rings. The van der Waals surface area contributed by atoms with Crippen molar-refractivity contribution in [3.8, 4) is 22.6 Å². The zero-order valence-electron chi connectivity index (χ0n) is 18.2. The number of alkyl halides is 6. The molecule has 4 aromatic rings. The first-order valence-corrected chi connectivity index (χ1v) is 9.76. The minimum absolute atomic E-state index is 0. The van der Waals surface area contributed by atoms with Crippen LogP contribution >= 0.6 is 0 Å². The fourth-order valence-corrected chi connectivity index (χ4v) is 2.80. The number of ketones is 2. The quantitative estimate of drug-likeness (QED) is 0.159. The number of carbonyl (C=O) groups excluding carboxylic acids is 2. The van der Waals surface area contributed by atoms with E-state index in [0.717, 1.165) is 24.4 Å². The Bertz CT molecular complexity index is 1410. The van der Waals surface area contributed by atoms with E-state index in [-0.39, 0.29) is 31.4 Å². The second-order valence-electron chi connectivity index (χ2n) is 6.90. The Kier molecular flexibility index (Phi) is 9.70. The van der Waals surface area contributed by atoms with Crippen molar-refractivity contribution < 1.29 is 64.8 Å². The van der Waals surface area contributed by atoms with Gasteiger partial charge < -0.3 is 15.2 Å². The van der Waals surface area contributed by atoms with Gasteiger partial charge in [0.05, 0.1) is 5.69 Å². The zero-order chi connectivity index (χ0) is 27.4. The third-order valence-electron chi connectivity index (χ3n) is 4.37. The van der Waals surface area contributed by atoms with Crippen LogP contribution < -0.4 is 5.10 Å². The van der Waals surface area contributed by atoms with Gasteiger partial charge in [0.1, 0.15) is 5.69 Å². The number of aromatic nitrogens is 4. The molecule has 0 amide bonds. The number of carbonyl (C=O) groups is 2. The van der Waals surface area contributed by atoms with Crippen molar-refractivity contribution in [3.05, 3.63) is 89.9 Å². The first-order chi connectivity index (χ1) is 17.3. The smallest absolute Gasteiger partial charge is 0.456 e. The fraction of sp³-hybridized carbons (Fsp3) is 0.0870. The summed E-state index contributed by atoms with van der Waals surface area (Å²) in [5.41, 5.74) is -3.81. The van der Waals surface area contributed by atoms with E-state index < -0.39 is 52.5 Å². The van der Waals surface area contributed by atoms with Crippen molar-refractivity contribution in [2.75, 3.05) is 0 Å². The van der Waals surface area contributed by atoms with Gasteiger partial charge in [-0.2, -0.15) is 26.3 Å². The van der Waals surface area contributed by atoms with Crippen LogP contribution in [-0.4, -0.2) is 39.0 Å². The van der Waals surface area contributed by atoms with Crippen molar-refractivity contribution in [1.29, 1.82) is 0 Å². The Labute approximate surface area is 221 Å². The predicted octanol–water partition coefficient (Wildman–Crippen LogP) is 5.42. The average molecular weight is 719 g/mol. The van der Waals surface area contributed by atoms with Crippen molar-refractivity contribution in [3.63, 3.8) is 0 Å². The van der Waals surface area contributed by atoms with Crippen LogP contribution in [0, 0.1) is 17.7 Å². The molecular weight excluding hydrogens is 708 g/mol. The third kappa shape index (κ3) is 7.13. The van der Waals surface area contributed by atoms with Crippen LogP contribution in [-0.2, 0) is 20.1 Å². The summed E-state index contributed by atoms with van der Waals surface area (Å²) in [5.74, 6) is -6.64. The van der Waals surface area contributed by atoms with Crippen LogP contribution in [0.5, 0.6) is 0 Å². The monoisotopic (exact) mass is 719 g/mol. The van der Waals surface area contributed by atoms with E-state index in [2.05, 4.69) is 26.2 Å². The second kappa shape index (κ2) is 12.1. The molecule has 0 N–H and O–H groups in total. The molecule has 15 heteroatoms. The number of benzene rings is 1. The molecule has 0 spiro atoms. The van der Waals surface area contributed by atoms with Crippen molar-refractivity contribution in [1.82, 2.24) is 20.2 Å². The Morgan fingerprint density at radius 1 is 0.816 bits per heavy atom. The van der Waals surface area contributed by atoms with Gasteiger partial charge in [-0.3, -0.25) is 23.4 Å². The summed E-state index contributed by atoms with van der Waals surface area (Å²) in [5, 5.41) is 5.91. The van der Waals surface area contributed by atoms with Crippen molar-refractivity contribution in [2.24, 2.45) is 0 Å². The van der Waals surface area contributed by atoms with Crippen LogP contribution in [0.25, 0.3) is 22.6 Å². The first kappa shape index (κ1) is 30.4. The normalized spacial score (nSPS) is 11.2. The van der Waals surface area contributed by atoms with Gasteiger partial charge in [0.15, 0.2) is 0 Å². The number of nitrogens with zero attached hydrogens (tertiary/aromatic N) is 4. The zero-order valence-corrected chi connectivity index (χ0v) is 20.6. The Hall–Kier alpha value is -3.84. The summed E-state index contributed by atoms with van der Waals surface area (Å²) in [6.45, 7) is 0. The molecular formula is C23H10F8IrN4O2-2. The molecule has 0 aliphatic carbocycles. The summed E-state index contributed by atoms with van der Waals surface area (Å²) in [6.07, 6.45) is -8.35. The van der Waals surface area contributed by atoms with Crippen LogP contribution in [0.4, 0.5) is 35.1 Å². The molecule has 6 nitrogen and oxygen atoms in total. The summed E-state index contributed by atoms with van der Waals surface area (Å²) < 4.78 is 101. The van der Waals surface area contributed by atoms with Crippen molar-refractivity contribution in [2.45, 2.75) is 12.4 Å². The molecule has 0 bridgehead atoms. The maximum atomic E-state index is 13.2. The molecule has 4 rings (SSSR count). The van der Waals surface area contributed by atoms with Gasteiger partial charge in [0.2, 0.25) is 0 Å². The van der Waals surface area contributed by atoms with E-state index in [1.807, 2.05) is 0 Å². The van der Waals surface area contributed by atoms with Crippen LogP contribution in [0.2, 0.25) is 0 Å². The molecule has 1 radical (unpaired) electrons. The fourth-order valence-electron chi connectivity index (χ4n) is 2.80. The molecule has 0 aliphatic heterocycles. The minimum Gasteiger partial charge on any atom is -0.573 e. The standard InChI is InChI=1S/C12H5F6N3O2.C11H6F2N.Ir/c13-11(14,15)9(22)6-7(5-3-1-2-4-19-5)20-21-8(6)10(23)12(16,17)18;12-8-4-5-9(10(13)7-8)11-3-1-2-6-14-11;/h1-4H,(H,19,20,21,22,23);1-4,6-7H;/q;-1;/p-1. The average Bonchev–Trinajstić information content (AvgIpc) is 3.28. The summed E-state index contributed by atoms with van der Waals surface area (Å²) in [7, 11) is 0. The van der Waals surface area contributed by atoms with Crippen LogP contribution in [0.15, 0.2) is 60.9 Å². The summed E-state index contributed by atoms with van der Waals surface area (Å²) in [6, 6.07) is 13.3. The topological polar surface area (TPSA) is 86.9 Å². The molecule has 0 saturated heterocycles. The van der Waals surface area contributed by atoms with E-state index in [1.54, 1.807) is 24.4 Å². The summed E-state index contributed by atoms with van der Waals surface area (Å²) >= 11 is 0. The van der Waals surface area contributed by atoms with Gasteiger partial charge >= 0.3 is 12.4 Å². The van der Waals surface area contributed by atoms with Crippen LogP contribution in [0.3, 0.4) is 0 Å². The molecule has 0 atom stereocenters. The molecule has 38 heavy (non-hydrogen) atoms. The number of rotatable bonds is 4. The van der Waals surface area contributed by atoms with E-state index in [4.69, 9.17) is 0 Å². The van der Waals surface area contributed by atoms with Gasteiger partial charge in [-0.1, -0.05) is 35.5 Å². The number of hydrogen-bond donors (Lipinski definition) is 0. The molecule has 0 saturated carbocycles. The molecule has 3 heterocycles. The van der Waals surface area contributed by atoms with Gasteiger partial charge in [-0.15, -0.1) is 12.1 Å². The van der Waals surface area contributed by atoms with Crippen molar-refractivity contribution >= 4 is 11.6 Å². The predicted molar refractivity (Wildman–Crippen MR) is 110 cm³/mol. The van der Waals surface area contributed by atoms with Gasteiger partial charge in [-0.05, 0) is 23.9 Å². The largest absolute Gasteiger partial charge is 0.573 e. The van der Waals surface area contributed by atoms with E-state index >= 15 is 0 Å². The van der Waals surface area contributed by atoms with Gasteiger partial charge in [0.25, 0.3) is 11.6 Å². The third-order valence-corrected chi connectivity index (χ3v) is 4.37. The molecule has 0 unspecified atom stereocenters. The number of hydrogen-bond acceptors (Lipinski definition) is 5. The van der Waals surface area contributed by atoms with E-state index in [1.165, 1.54) is 12.1 Å². The Morgan fingerprint density at radius 3 is 1.84 bits per heavy atom. The SMILES string of the molecule is Fc1c[c-]c(-c2ccccn2)c(F)c1.O=C(c1n[n-]c(-c2ccccn2)c1C(=O)C(F)(F)F)C(F)(F)F.[Ir]. The van der Waals surface area contributed by atoms with Crippen LogP contribution in [0.1, 0.15) is 20.8 Å². The first-order valence-electron chi connectivity index (χ1n) is 9.76. The minimum atomic E-state index is -5.51. The molecule has 1 aromatic carbocycles. The Morgan fingerprint density at radius 2 is 1.37 bits per heavy atom. The summed E-state index contributed by atoms with van der Waals surface area (Å²) in [4.78, 5) is 30.2. The Balaban J connectivity index is 0.000000289. The molecule has 0 aliphatic rings. The van der Waals surface area contributed by atoms with E-state index in [9.17, 15) is 44.7 Å². The molecule has 3 aromatic heterocycles. The van der Waals surface area contributed by atoms with Gasteiger partial charge in [-0.25, -0.2) is 0 Å². The maximum Gasteiger partial charge on any atom is 0.456 e.